The molecule has 1 aliphatic carbocycles. The van der Waals surface area contributed by atoms with Crippen LogP contribution in [0.1, 0.15) is 32.6 Å². The maximum Gasteiger partial charge on any atom is 0.230 e. The molecule has 1 N–H and O–H groups in total. The van der Waals surface area contributed by atoms with Crippen LogP contribution in [0.15, 0.2) is 29.4 Å². The minimum Gasteiger partial charge on any atom is -0.353 e. The molecular formula is C18H23ClN4OS. The zero-order valence-electron chi connectivity index (χ0n) is 14.5. The smallest absolute Gasteiger partial charge is 0.230 e. The fourth-order valence-corrected chi connectivity index (χ4v) is 3.94. The lowest BCUT2D eigenvalue weighted by Crippen LogP contribution is -2.38. The molecule has 1 aliphatic rings. The van der Waals surface area contributed by atoms with E-state index in [0.717, 1.165) is 35.3 Å². The molecule has 0 bridgehead atoms. The van der Waals surface area contributed by atoms with Gasteiger partial charge < -0.3 is 9.88 Å². The molecule has 1 aromatic carbocycles. The summed E-state index contributed by atoms with van der Waals surface area (Å²) < 4.78 is 1.91. The third kappa shape index (κ3) is 4.76. The van der Waals surface area contributed by atoms with Crippen LogP contribution in [0.5, 0.6) is 0 Å². The van der Waals surface area contributed by atoms with Gasteiger partial charge in [-0.1, -0.05) is 30.3 Å². The topological polar surface area (TPSA) is 59.8 Å². The average Bonchev–Trinajstić information content (AvgIpc) is 2.97. The molecule has 1 heterocycles. The van der Waals surface area contributed by atoms with E-state index in [2.05, 4.69) is 22.4 Å². The minimum absolute atomic E-state index is 0.0700. The summed E-state index contributed by atoms with van der Waals surface area (Å²) in [5.74, 6) is 1.98. The van der Waals surface area contributed by atoms with E-state index in [-0.39, 0.29) is 5.91 Å². The first-order valence-corrected chi connectivity index (χ1v) is 9.97. The highest BCUT2D eigenvalue weighted by molar-refractivity contribution is 7.99. The number of carbonyl (C=O) groups excluding carboxylic acids is 1. The van der Waals surface area contributed by atoms with Gasteiger partial charge in [-0.25, -0.2) is 0 Å². The zero-order valence-corrected chi connectivity index (χ0v) is 16.1. The second-order valence-electron chi connectivity index (χ2n) is 6.69. The molecular weight excluding hydrogens is 356 g/mol. The number of carbonyl (C=O) groups is 1. The molecule has 0 spiro atoms. The van der Waals surface area contributed by atoms with Gasteiger partial charge in [0.1, 0.15) is 0 Å². The highest BCUT2D eigenvalue weighted by Gasteiger charge is 2.20. The Morgan fingerprint density at radius 2 is 1.92 bits per heavy atom. The van der Waals surface area contributed by atoms with Gasteiger partial charge in [-0.15, -0.1) is 10.2 Å². The van der Waals surface area contributed by atoms with Crippen LogP contribution in [0.3, 0.4) is 0 Å². The third-order valence-electron chi connectivity index (χ3n) is 4.65. The minimum atomic E-state index is 0.0700. The molecule has 0 unspecified atom stereocenters. The molecule has 0 radical (unpaired) electrons. The summed E-state index contributed by atoms with van der Waals surface area (Å²) in [7, 11) is 1.91. The van der Waals surface area contributed by atoms with Gasteiger partial charge >= 0.3 is 0 Å². The Labute approximate surface area is 157 Å². The number of nitrogens with one attached hydrogen (secondary N) is 1. The number of amides is 1. The molecule has 1 saturated carbocycles. The van der Waals surface area contributed by atoms with Crippen LogP contribution >= 0.6 is 23.4 Å². The highest BCUT2D eigenvalue weighted by Crippen LogP contribution is 2.25. The van der Waals surface area contributed by atoms with Crippen LogP contribution < -0.4 is 5.32 Å². The lowest BCUT2D eigenvalue weighted by molar-refractivity contribution is -0.119. The predicted octanol–water partition coefficient (Wildman–Crippen LogP) is 3.92. The summed E-state index contributed by atoms with van der Waals surface area (Å²) >= 11 is 7.34. The highest BCUT2D eigenvalue weighted by atomic mass is 35.5. The number of hydrogen-bond acceptors (Lipinski definition) is 4. The molecule has 1 fully saturated rings. The van der Waals surface area contributed by atoms with Crippen LogP contribution in [0.4, 0.5) is 0 Å². The van der Waals surface area contributed by atoms with E-state index < -0.39 is 0 Å². The van der Waals surface area contributed by atoms with Crippen molar-refractivity contribution in [3.8, 4) is 11.4 Å². The molecule has 134 valence electrons. The Morgan fingerprint density at radius 1 is 1.24 bits per heavy atom. The van der Waals surface area contributed by atoms with E-state index >= 15 is 0 Å². The molecule has 3 rings (SSSR count). The van der Waals surface area contributed by atoms with Crippen molar-refractivity contribution in [3.63, 3.8) is 0 Å². The number of aromatic nitrogens is 3. The fourth-order valence-electron chi connectivity index (χ4n) is 3.09. The van der Waals surface area contributed by atoms with Gasteiger partial charge in [0, 0.05) is 23.7 Å². The number of halogens is 1. The molecule has 1 aromatic heterocycles. The third-order valence-corrected chi connectivity index (χ3v) is 5.92. The van der Waals surface area contributed by atoms with Crippen molar-refractivity contribution >= 4 is 29.3 Å². The monoisotopic (exact) mass is 378 g/mol. The van der Waals surface area contributed by atoms with E-state index in [1.165, 1.54) is 24.6 Å². The lowest BCUT2D eigenvalue weighted by atomic mass is 9.87. The maximum atomic E-state index is 12.2. The number of rotatable bonds is 5. The molecule has 2 aromatic rings. The van der Waals surface area contributed by atoms with E-state index in [9.17, 15) is 4.79 Å². The summed E-state index contributed by atoms with van der Waals surface area (Å²) in [4.78, 5) is 12.2. The summed E-state index contributed by atoms with van der Waals surface area (Å²) in [6.07, 6.45) is 4.57. The Morgan fingerprint density at radius 3 is 2.60 bits per heavy atom. The van der Waals surface area contributed by atoms with Crippen LogP contribution in [-0.4, -0.2) is 32.5 Å². The van der Waals surface area contributed by atoms with Crippen molar-refractivity contribution in [2.75, 3.05) is 5.75 Å². The molecule has 5 nitrogen and oxygen atoms in total. The Balaban J connectivity index is 1.55. The average molecular weight is 379 g/mol. The number of nitrogens with zero attached hydrogens (tertiary/aromatic N) is 3. The number of thioether (sulfide) groups is 1. The van der Waals surface area contributed by atoms with Crippen LogP contribution in [0.2, 0.25) is 5.02 Å². The molecule has 0 saturated heterocycles. The molecule has 0 aliphatic heterocycles. The van der Waals surface area contributed by atoms with E-state index in [4.69, 9.17) is 11.6 Å². The van der Waals surface area contributed by atoms with Crippen molar-refractivity contribution < 1.29 is 4.79 Å². The summed E-state index contributed by atoms with van der Waals surface area (Å²) in [5.41, 5.74) is 0.951. The molecule has 25 heavy (non-hydrogen) atoms. The standard InChI is InChI=1S/C18H23ClN4OS/c1-12-3-9-15(10-4-12)20-16(24)11-25-18-22-21-17(23(18)2)13-5-7-14(19)8-6-13/h5-8,12,15H,3-4,9-11H2,1-2H3,(H,20,24). The van der Waals surface area contributed by atoms with Crippen molar-refractivity contribution in [2.24, 2.45) is 13.0 Å². The molecule has 1 amide bonds. The normalized spacial score (nSPS) is 20.4. The van der Waals surface area contributed by atoms with Gasteiger partial charge in [-0.3, -0.25) is 4.79 Å². The number of hydrogen-bond donors (Lipinski definition) is 1. The summed E-state index contributed by atoms with van der Waals surface area (Å²) in [6.45, 7) is 2.28. The van der Waals surface area contributed by atoms with Crippen molar-refractivity contribution in [2.45, 2.75) is 43.8 Å². The summed E-state index contributed by atoms with van der Waals surface area (Å²) in [6, 6.07) is 7.82. The van der Waals surface area contributed by atoms with Gasteiger partial charge in [-0.05, 0) is 55.9 Å². The van der Waals surface area contributed by atoms with Crippen LogP contribution in [0.25, 0.3) is 11.4 Å². The van der Waals surface area contributed by atoms with Crippen LogP contribution in [0, 0.1) is 5.92 Å². The Kier molecular flexibility index (Phi) is 6.02. The molecule has 7 heteroatoms. The van der Waals surface area contributed by atoms with Gasteiger partial charge in [0.15, 0.2) is 11.0 Å². The van der Waals surface area contributed by atoms with Crippen LogP contribution in [-0.2, 0) is 11.8 Å². The Bertz CT molecular complexity index is 723. The SMILES string of the molecule is CC1CCC(NC(=O)CSc2nnc(-c3ccc(Cl)cc3)n2C)CC1. The summed E-state index contributed by atoms with van der Waals surface area (Å²) in [5, 5.41) is 13.0. The van der Waals surface area contributed by atoms with E-state index in [1.807, 2.05) is 35.9 Å². The van der Waals surface area contributed by atoms with Crippen molar-refractivity contribution in [1.29, 1.82) is 0 Å². The quantitative estimate of drug-likeness (QED) is 0.801. The fraction of sp³-hybridized carbons (Fsp3) is 0.500. The largest absolute Gasteiger partial charge is 0.353 e. The number of benzene rings is 1. The molecule has 0 atom stereocenters. The lowest BCUT2D eigenvalue weighted by Gasteiger charge is -2.26. The van der Waals surface area contributed by atoms with E-state index in [1.54, 1.807) is 0 Å². The predicted molar refractivity (Wildman–Crippen MR) is 102 cm³/mol. The van der Waals surface area contributed by atoms with Gasteiger partial charge in [0.2, 0.25) is 5.91 Å². The first-order chi connectivity index (χ1) is 12.0. The van der Waals surface area contributed by atoms with E-state index in [0.29, 0.717) is 16.8 Å². The van der Waals surface area contributed by atoms with Gasteiger partial charge in [-0.2, -0.15) is 0 Å². The maximum absolute atomic E-state index is 12.2. The van der Waals surface area contributed by atoms with Gasteiger partial charge in [0.05, 0.1) is 5.75 Å². The van der Waals surface area contributed by atoms with Crippen molar-refractivity contribution in [3.05, 3.63) is 29.3 Å². The Hall–Kier alpha value is -1.53. The van der Waals surface area contributed by atoms with Crippen molar-refractivity contribution in [1.82, 2.24) is 20.1 Å². The first kappa shape index (κ1) is 18.3. The zero-order chi connectivity index (χ0) is 17.8. The van der Waals surface area contributed by atoms with Gasteiger partial charge in [0.25, 0.3) is 0 Å². The second kappa shape index (κ2) is 8.23. The first-order valence-electron chi connectivity index (χ1n) is 8.60. The second-order valence-corrected chi connectivity index (χ2v) is 8.06.